The molecule has 0 atom stereocenters. The molecule has 2 heterocycles. The quantitative estimate of drug-likeness (QED) is 0.173. The highest BCUT2D eigenvalue weighted by Crippen LogP contribution is 2.38. The number of anilines is 3. The largest absolute Gasteiger partial charge is 0.505 e. The SMILES string of the molecule is COc1ccc(NC(=O)c2cc3cc(OC)ccc3c(NNc3c(C#N)cnn3-c3ncccn3)c2O)cc1. The number of carbonyl (C=O) groups is 1. The molecule has 12 heteroatoms. The van der Waals surface area contributed by atoms with Crippen LogP contribution in [0.2, 0.25) is 0 Å². The molecule has 5 rings (SSSR count). The van der Waals surface area contributed by atoms with Crippen molar-refractivity contribution in [3.8, 4) is 29.3 Å². The topological polar surface area (TPSA) is 159 Å². The zero-order valence-corrected chi connectivity index (χ0v) is 20.8. The average Bonchev–Trinajstić information content (AvgIpc) is 3.39. The third-order valence-electron chi connectivity index (χ3n) is 5.85. The number of benzene rings is 3. The van der Waals surface area contributed by atoms with E-state index >= 15 is 0 Å². The Labute approximate surface area is 222 Å². The highest BCUT2D eigenvalue weighted by atomic mass is 16.5. The Hall–Kier alpha value is -5.83. The summed E-state index contributed by atoms with van der Waals surface area (Å²) < 4.78 is 11.9. The molecule has 0 aliphatic heterocycles. The zero-order chi connectivity index (χ0) is 27.4. The number of aromatic nitrogens is 4. The number of rotatable bonds is 8. The fraction of sp³-hybridized carbons (Fsp3) is 0.0741. The van der Waals surface area contributed by atoms with Crippen LogP contribution in [0, 0.1) is 11.3 Å². The molecule has 0 unspecified atom stereocenters. The maximum atomic E-state index is 13.3. The van der Waals surface area contributed by atoms with Crippen molar-refractivity contribution in [2.45, 2.75) is 0 Å². The van der Waals surface area contributed by atoms with E-state index in [1.54, 1.807) is 74.1 Å². The molecule has 0 radical (unpaired) electrons. The number of nitrogens with one attached hydrogen (secondary N) is 3. The summed E-state index contributed by atoms with van der Waals surface area (Å²) >= 11 is 0. The van der Waals surface area contributed by atoms with Crippen LogP contribution < -0.4 is 25.6 Å². The smallest absolute Gasteiger partial charge is 0.259 e. The van der Waals surface area contributed by atoms with Gasteiger partial charge < -0.3 is 19.9 Å². The number of methoxy groups -OCH3 is 2. The number of hydrogen-bond donors (Lipinski definition) is 4. The van der Waals surface area contributed by atoms with Gasteiger partial charge in [-0.15, -0.1) is 0 Å². The lowest BCUT2D eigenvalue weighted by Gasteiger charge is -2.17. The van der Waals surface area contributed by atoms with Gasteiger partial charge in [-0.05, 0) is 60.0 Å². The molecule has 0 bridgehead atoms. The molecule has 0 spiro atoms. The Balaban J connectivity index is 1.54. The van der Waals surface area contributed by atoms with Gasteiger partial charge in [0, 0.05) is 23.5 Å². The lowest BCUT2D eigenvalue weighted by molar-refractivity contribution is 0.102. The number of ether oxygens (including phenoxy) is 2. The maximum absolute atomic E-state index is 13.3. The Morgan fingerprint density at radius 1 is 1.00 bits per heavy atom. The molecule has 194 valence electrons. The fourth-order valence-electron chi connectivity index (χ4n) is 3.90. The summed E-state index contributed by atoms with van der Waals surface area (Å²) in [6, 6.07) is 17.3. The second-order valence-corrected chi connectivity index (χ2v) is 8.15. The molecule has 3 aromatic carbocycles. The molecule has 5 aromatic rings. The first-order valence-electron chi connectivity index (χ1n) is 11.6. The summed E-state index contributed by atoms with van der Waals surface area (Å²) in [5.74, 6) is 0.827. The number of phenolic OH excluding ortho intramolecular Hbond substituents is 1. The molecule has 0 aliphatic carbocycles. The first-order valence-corrected chi connectivity index (χ1v) is 11.6. The minimum absolute atomic E-state index is 0.0104. The van der Waals surface area contributed by atoms with Gasteiger partial charge >= 0.3 is 0 Å². The van der Waals surface area contributed by atoms with Crippen molar-refractivity contribution in [2.75, 3.05) is 30.4 Å². The van der Waals surface area contributed by atoms with Gasteiger partial charge in [-0.2, -0.15) is 15.0 Å². The van der Waals surface area contributed by atoms with E-state index < -0.39 is 5.91 Å². The zero-order valence-electron chi connectivity index (χ0n) is 20.8. The predicted octanol–water partition coefficient (Wildman–Crippen LogP) is 4.10. The predicted molar refractivity (Wildman–Crippen MR) is 144 cm³/mol. The summed E-state index contributed by atoms with van der Waals surface area (Å²) in [6.45, 7) is 0. The number of nitriles is 1. The molecule has 39 heavy (non-hydrogen) atoms. The van der Waals surface area contributed by atoms with Crippen molar-refractivity contribution >= 4 is 33.9 Å². The highest BCUT2D eigenvalue weighted by molar-refractivity contribution is 6.12. The van der Waals surface area contributed by atoms with Crippen molar-refractivity contribution in [3.05, 3.63) is 84.3 Å². The van der Waals surface area contributed by atoms with Crippen LogP contribution in [0.15, 0.2) is 73.2 Å². The maximum Gasteiger partial charge on any atom is 0.259 e. The lowest BCUT2D eigenvalue weighted by atomic mass is 10.0. The van der Waals surface area contributed by atoms with Crippen LogP contribution >= 0.6 is 0 Å². The van der Waals surface area contributed by atoms with Crippen molar-refractivity contribution in [2.24, 2.45) is 0 Å². The monoisotopic (exact) mass is 522 g/mol. The Morgan fingerprint density at radius 3 is 2.41 bits per heavy atom. The van der Waals surface area contributed by atoms with Crippen LogP contribution in [-0.4, -0.2) is 45.0 Å². The van der Waals surface area contributed by atoms with E-state index in [2.05, 4.69) is 37.3 Å². The van der Waals surface area contributed by atoms with Crippen LogP contribution in [0.1, 0.15) is 15.9 Å². The van der Waals surface area contributed by atoms with E-state index in [0.717, 1.165) is 0 Å². The molecule has 0 saturated heterocycles. The first-order chi connectivity index (χ1) is 19.0. The first kappa shape index (κ1) is 24.8. The van der Waals surface area contributed by atoms with Crippen molar-refractivity contribution in [1.82, 2.24) is 19.7 Å². The second-order valence-electron chi connectivity index (χ2n) is 8.15. The third-order valence-corrected chi connectivity index (χ3v) is 5.85. The van der Waals surface area contributed by atoms with Crippen molar-refractivity contribution in [3.63, 3.8) is 0 Å². The van der Waals surface area contributed by atoms with Crippen LogP contribution in [-0.2, 0) is 0 Å². The summed E-state index contributed by atoms with van der Waals surface area (Å²) in [7, 11) is 3.09. The van der Waals surface area contributed by atoms with Crippen molar-refractivity contribution in [1.29, 1.82) is 5.26 Å². The molecular formula is C27H22N8O4. The third kappa shape index (κ3) is 4.92. The molecule has 12 nitrogen and oxygen atoms in total. The van der Waals surface area contributed by atoms with E-state index in [-0.39, 0.29) is 34.3 Å². The van der Waals surface area contributed by atoms with Crippen molar-refractivity contribution < 1.29 is 19.4 Å². The van der Waals surface area contributed by atoms with Crippen LogP contribution in [0.25, 0.3) is 16.7 Å². The van der Waals surface area contributed by atoms with Gasteiger partial charge in [0.1, 0.15) is 28.8 Å². The molecule has 4 N–H and O–H groups in total. The second kappa shape index (κ2) is 10.7. The molecule has 0 fully saturated rings. The van der Waals surface area contributed by atoms with E-state index in [4.69, 9.17) is 9.47 Å². The van der Waals surface area contributed by atoms with Gasteiger partial charge in [-0.1, -0.05) is 0 Å². The van der Waals surface area contributed by atoms with Gasteiger partial charge in [-0.25, -0.2) is 9.97 Å². The summed E-state index contributed by atoms with van der Waals surface area (Å²) in [5, 5.41) is 29.1. The molecule has 0 aliphatic rings. The summed E-state index contributed by atoms with van der Waals surface area (Å²) in [4.78, 5) is 21.6. The van der Waals surface area contributed by atoms with E-state index in [1.165, 1.54) is 18.0 Å². The molecular weight excluding hydrogens is 500 g/mol. The van der Waals surface area contributed by atoms with E-state index in [0.29, 0.717) is 28.0 Å². The highest BCUT2D eigenvalue weighted by Gasteiger charge is 2.21. The molecule has 1 amide bonds. The van der Waals surface area contributed by atoms with Gasteiger partial charge in [0.25, 0.3) is 11.9 Å². The molecule has 0 saturated carbocycles. The normalized spacial score (nSPS) is 10.5. The number of hydrogen-bond acceptors (Lipinski definition) is 10. The van der Waals surface area contributed by atoms with Gasteiger partial charge in [0.2, 0.25) is 0 Å². The Morgan fingerprint density at radius 2 is 1.72 bits per heavy atom. The standard InChI is InChI=1S/C27H22N8O4/c1-38-19-6-4-18(5-7-19)32-26(37)22-13-16-12-20(39-2)8-9-21(16)23(24(22)36)33-34-25-17(14-28)15-31-35(25)27-29-10-3-11-30-27/h3-13,15,33-34,36H,1-2H3,(H,32,37). The summed E-state index contributed by atoms with van der Waals surface area (Å²) in [6.07, 6.45) is 4.46. The summed E-state index contributed by atoms with van der Waals surface area (Å²) in [5.41, 5.74) is 6.80. The minimum Gasteiger partial charge on any atom is -0.505 e. The van der Waals surface area contributed by atoms with Crippen LogP contribution in [0.4, 0.5) is 17.2 Å². The Kier molecular flexibility index (Phi) is 6.79. The van der Waals surface area contributed by atoms with Crippen LogP contribution in [0.3, 0.4) is 0 Å². The van der Waals surface area contributed by atoms with E-state index in [9.17, 15) is 15.2 Å². The van der Waals surface area contributed by atoms with Gasteiger partial charge in [0.05, 0.1) is 26.0 Å². The average molecular weight is 523 g/mol. The Bertz CT molecular complexity index is 1700. The number of amides is 1. The van der Waals surface area contributed by atoms with Gasteiger partial charge in [-0.3, -0.25) is 15.6 Å². The van der Waals surface area contributed by atoms with Crippen LogP contribution in [0.5, 0.6) is 17.2 Å². The number of hydrazine groups is 1. The number of nitrogens with zero attached hydrogens (tertiary/aromatic N) is 5. The fourth-order valence-corrected chi connectivity index (χ4v) is 3.90. The number of carbonyl (C=O) groups excluding carboxylic acids is 1. The number of aromatic hydroxyl groups is 1. The minimum atomic E-state index is -0.536. The van der Waals surface area contributed by atoms with Gasteiger partial charge in [0.15, 0.2) is 11.6 Å². The number of fused-ring (bicyclic) bond motifs is 1. The van der Waals surface area contributed by atoms with E-state index in [1.807, 2.05) is 0 Å². The number of phenols is 1. The lowest BCUT2D eigenvalue weighted by Crippen LogP contribution is -2.17. The molecule has 2 aromatic heterocycles.